The Hall–Kier alpha value is -4.04. The SMILES string of the molecule is COc1cccc(-c2nc3ccc(-c4cncc(CN(C)C)c4)cc3c(=O)n2CC(=O)NC(C)C)c1. The van der Waals surface area contributed by atoms with Crippen LogP contribution in [0.3, 0.4) is 0 Å². The van der Waals surface area contributed by atoms with E-state index in [1.54, 1.807) is 19.4 Å². The Morgan fingerprint density at radius 1 is 1.06 bits per heavy atom. The summed E-state index contributed by atoms with van der Waals surface area (Å²) in [6.45, 7) is 4.38. The first-order chi connectivity index (χ1) is 17.2. The molecule has 8 nitrogen and oxygen atoms in total. The number of pyridine rings is 1. The van der Waals surface area contributed by atoms with Gasteiger partial charge in [-0.3, -0.25) is 19.1 Å². The number of ether oxygens (including phenoxy) is 1. The lowest BCUT2D eigenvalue weighted by molar-refractivity contribution is -0.122. The van der Waals surface area contributed by atoms with E-state index >= 15 is 0 Å². The molecule has 0 unspecified atom stereocenters. The van der Waals surface area contributed by atoms with Crippen molar-refractivity contribution in [2.75, 3.05) is 21.2 Å². The molecule has 2 heterocycles. The number of benzene rings is 2. The number of nitrogens with zero attached hydrogens (tertiary/aromatic N) is 4. The Morgan fingerprint density at radius 2 is 1.86 bits per heavy atom. The zero-order chi connectivity index (χ0) is 25.8. The van der Waals surface area contributed by atoms with Crippen molar-refractivity contribution in [1.82, 2.24) is 24.8 Å². The smallest absolute Gasteiger partial charge is 0.262 e. The molecular weight excluding hydrogens is 454 g/mol. The van der Waals surface area contributed by atoms with Gasteiger partial charge in [-0.2, -0.15) is 0 Å². The number of fused-ring (bicyclic) bond motifs is 1. The number of carbonyl (C=O) groups excluding carboxylic acids is 1. The predicted molar refractivity (Wildman–Crippen MR) is 142 cm³/mol. The van der Waals surface area contributed by atoms with Crippen molar-refractivity contribution in [2.45, 2.75) is 33.0 Å². The van der Waals surface area contributed by atoms with Gasteiger partial charge >= 0.3 is 0 Å². The molecule has 0 aliphatic heterocycles. The monoisotopic (exact) mass is 485 g/mol. The van der Waals surface area contributed by atoms with Gasteiger partial charge in [0.25, 0.3) is 5.56 Å². The molecule has 4 rings (SSSR count). The number of hydrogen-bond donors (Lipinski definition) is 1. The lowest BCUT2D eigenvalue weighted by atomic mass is 10.0. The van der Waals surface area contributed by atoms with Crippen LogP contribution < -0.4 is 15.6 Å². The van der Waals surface area contributed by atoms with Gasteiger partial charge in [-0.05, 0) is 69.4 Å². The van der Waals surface area contributed by atoms with Crippen LogP contribution in [0.5, 0.6) is 5.75 Å². The molecule has 186 valence electrons. The summed E-state index contributed by atoms with van der Waals surface area (Å²) in [5, 5.41) is 3.30. The van der Waals surface area contributed by atoms with Gasteiger partial charge in [-0.1, -0.05) is 18.2 Å². The van der Waals surface area contributed by atoms with Crippen LogP contribution in [0.1, 0.15) is 19.4 Å². The quantitative estimate of drug-likeness (QED) is 0.409. The summed E-state index contributed by atoms with van der Waals surface area (Å²) >= 11 is 0. The Bertz CT molecular complexity index is 1460. The summed E-state index contributed by atoms with van der Waals surface area (Å²) in [5.74, 6) is 0.794. The fourth-order valence-electron chi connectivity index (χ4n) is 4.14. The second-order valence-electron chi connectivity index (χ2n) is 9.33. The Balaban J connectivity index is 1.87. The number of hydrogen-bond acceptors (Lipinski definition) is 6. The normalized spacial score (nSPS) is 11.3. The van der Waals surface area contributed by atoms with Crippen molar-refractivity contribution in [3.8, 4) is 28.3 Å². The number of aromatic nitrogens is 3. The molecular formula is C28H31N5O3. The van der Waals surface area contributed by atoms with E-state index in [0.29, 0.717) is 28.0 Å². The first kappa shape index (κ1) is 25.1. The molecule has 0 saturated heterocycles. The molecule has 0 spiro atoms. The van der Waals surface area contributed by atoms with Crippen molar-refractivity contribution < 1.29 is 9.53 Å². The molecule has 0 bridgehead atoms. The van der Waals surface area contributed by atoms with Crippen LogP contribution in [0.4, 0.5) is 0 Å². The number of carbonyl (C=O) groups is 1. The van der Waals surface area contributed by atoms with Gasteiger partial charge in [-0.15, -0.1) is 0 Å². The number of amides is 1. The zero-order valence-electron chi connectivity index (χ0n) is 21.3. The van der Waals surface area contributed by atoms with Gasteiger partial charge < -0.3 is 15.0 Å². The summed E-state index contributed by atoms with van der Waals surface area (Å²) in [6, 6.07) is 14.9. The van der Waals surface area contributed by atoms with Crippen LogP contribution in [0, 0.1) is 0 Å². The van der Waals surface area contributed by atoms with Crippen LogP contribution >= 0.6 is 0 Å². The van der Waals surface area contributed by atoms with E-state index in [4.69, 9.17) is 9.72 Å². The van der Waals surface area contributed by atoms with Crippen LogP contribution in [-0.2, 0) is 17.9 Å². The third-order valence-corrected chi connectivity index (χ3v) is 5.66. The average molecular weight is 486 g/mol. The average Bonchev–Trinajstić information content (AvgIpc) is 2.84. The van der Waals surface area contributed by atoms with Gasteiger partial charge in [0.2, 0.25) is 5.91 Å². The van der Waals surface area contributed by atoms with E-state index in [-0.39, 0.29) is 24.1 Å². The van der Waals surface area contributed by atoms with Crippen molar-refractivity contribution in [2.24, 2.45) is 0 Å². The largest absolute Gasteiger partial charge is 0.497 e. The van der Waals surface area contributed by atoms with Gasteiger partial charge in [0.1, 0.15) is 18.1 Å². The minimum absolute atomic E-state index is 0.0459. The number of rotatable bonds is 8. The zero-order valence-corrected chi connectivity index (χ0v) is 21.3. The fraction of sp³-hybridized carbons (Fsp3) is 0.286. The number of methoxy groups -OCH3 is 1. The van der Waals surface area contributed by atoms with E-state index in [1.807, 2.05) is 70.5 Å². The highest BCUT2D eigenvalue weighted by Gasteiger charge is 2.17. The minimum Gasteiger partial charge on any atom is -0.497 e. The molecule has 36 heavy (non-hydrogen) atoms. The van der Waals surface area contributed by atoms with E-state index in [1.165, 1.54) is 4.57 Å². The van der Waals surface area contributed by atoms with Crippen molar-refractivity contribution in [3.63, 3.8) is 0 Å². The molecule has 2 aromatic heterocycles. The van der Waals surface area contributed by atoms with Crippen molar-refractivity contribution in [3.05, 3.63) is 76.8 Å². The van der Waals surface area contributed by atoms with E-state index in [9.17, 15) is 9.59 Å². The topological polar surface area (TPSA) is 89.4 Å². The van der Waals surface area contributed by atoms with Crippen molar-refractivity contribution in [1.29, 1.82) is 0 Å². The summed E-state index contributed by atoms with van der Waals surface area (Å²) in [4.78, 5) is 37.7. The Kier molecular flexibility index (Phi) is 7.45. The third-order valence-electron chi connectivity index (χ3n) is 5.66. The Morgan fingerprint density at radius 3 is 2.58 bits per heavy atom. The standard InChI is InChI=1S/C28H31N5O3/c1-18(2)30-26(34)17-33-27(21-7-6-8-23(12-21)36-5)31-25-10-9-20(13-24(25)28(33)35)22-11-19(14-29-15-22)16-32(3)4/h6-15,18H,16-17H2,1-5H3,(H,30,34). The molecule has 1 N–H and O–H groups in total. The maximum Gasteiger partial charge on any atom is 0.262 e. The van der Waals surface area contributed by atoms with Crippen LogP contribution in [0.2, 0.25) is 0 Å². The van der Waals surface area contributed by atoms with E-state index < -0.39 is 0 Å². The highest BCUT2D eigenvalue weighted by Crippen LogP contribution is 2.26. The van der Waals surface area contributed by atoms with Gasteiger partial charge in [0, 0.05) is 36.1 Å². The third kappa shape index (κ3) is 5.60. The molecule has 8 heteroatoms. The van der Waals surface area contributed by atoms with Crippen molar-refractivity contribution >= 4 is 16.8 Å². The molecule has 1 amide bonds. The maximum absolute atomic E-state index is 13.8. The highest BCUT2D eigenvalue weighted by atomic mass is 16.5. The first-order valence-corrected chi connectivity index (χ1v) is 11.8. The molecule has 0 aliphatic rings. The highest BCUT2D eigenvalue weighted by molar-refractivity contribution is 5.86. The molecule has 0 fully saturated rings. The summed E-state index contributed by atoms with van der Waals surface area (Å²) in [7, 11) is 5.60. The summed E-state index contributed by atoms with van der Waals surface area (Å²) < 4.78 is 6.79. The second-order valence-corrected chi connectivity index (χ2v) is 9.33. The molecule has 0 saturated carbocycles. The Labute approximate surface area is 210 Å². The summed E-state index contributed by atoms with van der Waals surface area (Å²) in [6.07, 6.45) is 3.62. The molecule has 4 aromatic rings. The second kappa shape index (κ2) is 10.7. The first-order valence-electron chi connectivity index (χ1n) is 11.8. The van der Waals surface area contributed by atoms with Gasteiger partial charge in [0.05, 0.1) is 18.0 Å². The maximum atomic E-state index is 13.8. The van der Waals surface area contributed by atoms with E-state index in [2.05, 4.69) is 21.3 Å². The predicted octanol–water partition coefficient (Wildman–Crippen LogP) is 3.72. The molecule has 0 radical (unpaired) electrons. The molecule has 0 atom stereocenters. The lowest BCUT2D eigenvalue weighted by Gasteiger charge is -2.16. The molecule has 0 aliphatic carbocycles. The number of nitrogens with one attached hydrogen (secondary N) is 1. The van der Waals surface area contributed by atoms with E-state index in [0.717, 1.165) is 23.2 Å². The van der Waals surface area contributed by atoms with Crippen LogP contribution in [0.25, 0.3) is 33.4 Å². The molecule has 2 aromatic carbocycles. The van der Waals surface area contributed by atoms with Crippen LogP contribution in [-0.4, -0.2) is 52.6 Å². The fourth-order valence-corrected chi connectivity index (χ4v) is 4.14. The van der Waals surface area contributed by atoms with Crippen LogP contribution in [0.15, 0.2) is 65.7 Å². The summed E-state index contributed by atoms with van der Waals surface area (Å²) in [5.41, 5.74) is 3.82. The lowest BCUT2D eigenvalue weighted by Crippen LogP contribution is -2.37. The minimum atomic E-state index is -0.281. The van der Waals surface area contributed by atoms with Gasteiger partial charge in [0.15, 0.2) is 0 Å². The van der Waals surface area contributed by atoms with Gasteiger partial charge in [-0.25, -0.2) is 4.98 Å².